The van der Waals surface area contributed by atoms with Crippen LogP contribution >= 0.6 is 0 Å². The van der Waals surface area contributed by atoms with Crippen molar-refractivity contribution in [3.8, 4) is 11.6 Å². The molecular weight excluding hydrogens is 297 g/mol. The number of hydrogen-bond acceptors (Lipinski definition) is 5. The highest BCUT2D eigenvalue weighted by atomic mass is 19.1. The van der Waals surface area contributed by atoms with Crippen molar-refractivity contribution in [2.45, 2.75) is 13.0 Å². The van der Waals surface area contributed by atoms with Crippen molar-refractivity contribution in [2.24, 2.45) is 0 Å². The van der Waals surface area contributed by atoms with Crippen molar-refractivity contribution in [1.29, 1.82) is 0 Å². The number of fused-ring (bicyclic) bond motifs is 1. The lowest BCUT2D eigenvalue weighted by Gasteiger charge is -2.29. The molecule has 5 nitrogen and oxygen atoms in total. The molecule has 0 aromatic carbocycles. The Morgan fingerprint density at radius 1 is 1.39 bits per heavy atom. The summed E-state index contributed by atoms with van der Waals surface area (Å²) in [4.78, 5) is 10.5. The minimum Gasteiger partial charge on any atom is -0.506 e. The number of aliphatic hydroxyl groups is 1. The summed E-state index contributed by atoms with van der Waals surface area (Å²) in [5.74, 6) is 0.389. The van der Waals surface area contributed by atoms with Crippen LogP contribution in [0.5, 0.6) is 0 Å². The van der Waals surface area contributed by atoms with Crippen LogP contribution in [0.1, 0.15) is 11.5 Å². The molecule has 0 saturated heterocycles. The van der Waals surface area contributed by atoms with Crippen molar-refractivity contribution in [3.63, 3.8) is 0 Å². The number of pyridine rings is 1. The van der Waals surface area contributed by atoms with Crippen LogP contribution in [-0.4, -0.2) is 26.5 Å². The van der Waals surface area contributed by atoms with Crippen molar-refractivity contribution in [3.05, 3.63) is 72.4 Å². The van der Waals surface area contributed by atoms with Crippen LogP contribution in [-0.2, 0) is 13.0 Å². The Bertz CT molecular complexity index is 780. The molecule has 0 atom stereocenters. The van der Waals surface area contributed by atoms with Gasteiger partial charge in [0.05, 0.1) is 12.2 Å². The molecule has 3 rings (SSSR count). The molecule has 2 aromatic rings. The molecule has 0 spiro atoms. The van der Waals surface area contributed by atoms with E-state index in [1.807, 2.05) is 18.2 Å². The number of nitrogens with zero attached hydrogens (tertiary/aromatic N) is 3. The molecule has 1 aliphatic rings. The van der Waals surface area contributed by atoms with Crippen molar-refractivity contribution in [2.75, 3.05) is 6.54 Å². The molecule has 3 heterocycles. The zero-order valence-corrected chi connectivity index (χ0v) is 12.5. The molecule has 0 aliphatic carbocycles. The monoisotopic (exact) mass is 313 g/mol. The van der Waals surface area contributed by atoms with Crippen LogP contribution in [0.2, 0.25) is 0 Å². The maximum Gasteiger partial charge on any atom is 0.245 e. The van der Waals surface area contributed by atoms with E-state index in [0.717, 1.165) is 17.5 Å². The molecule has 118 valence electrons. The first-order valence-corrected chi connectivity index (χ1v) is 7.14. The van der Waals surface area contributed by atoms with Gasteiger partial charge in [-0.05, 0) is 12.1 Å². The minimum atomic E-state index is -0.643. The van der Waals surface area contributed by atoms with Gasteiger partial charge in [-0.25, -0.2) is 9.37 Å². The van der Waals surface area contributed by atoms with E-state index in [9.17, 15) is 9.50 Å². The van der Waals surface area contributed by atoms with Crippen LogP contribution < -0.4 is 0 Å². The van der Waals surface area contributed by atoms with Gasteiger partial charge in [-0.1, -0.05) is 19.2 Å². The Hall–Kier alpha value is -2.89. The predicted octanol–water partition coefficient (Wildman–Crippen LogP) is 3.53. The molecule has 0 radical (unpaired) electrons. The first-order chi connectivity index (χ1) is 11.0. The van der Waals surface area contributed by atoms with Gasteiger partial charge < -0.3 is 14.4 Å². The number of oxazole rings is 1. The van der Waals surface area contributed by atoms with Gasteiger partial charge in [0.15, 0.2) is 0 Å². The molecule has 0 saturated carbocycles. The van der Waals surface area contributed by atoms with Crippen molar-refractivity contribution in [1.82, 2.24) is 14.9 Å². The lowest BCUT2D eigenvalue weighted by Crippen LogP contribution is -2.30. The summed E-state index contributed by atoms with van der Waals surface area (Å²) < 4.78 is 18.9. The van der Waals surface area contributed by atoms with E-state index >= 15 is 0 Å². The third-order valence-corrected chi connectivity index (χ3v) is 3.54. The fraction of sp³-hybridized carbons (Fsp3) is 0.176. The first-order valence-electron chi connectivity index (χ1n) is 7.14. The second kappa shape index (κ2) is 6.08. The normalized spacial score (nSPS) is 14.5. The van der Waals surface area contributed by atoms with E-state index in [4.69, 9.17) is 4.42 Å². The highest BCUT2D eigenvalue weighted by Crippen LogP contribution is 2.28. The molecule has 1 aliphatic heterocycles. The van der Waals surface area contributed by atoms with Gasteiger partial charge in [-0.3, -0.25) is 4.98 Å². The summed E-state index contributed by atoms with van der Waals surface area (Å²) >= 11 is 0. The smallest absolute Gasteiger partial charge is 0.245 e. The maximum absolute atomic E-state index is 13.1. The summed E-state index contributed by atoms with van der Waals surface area (Å²) in [6.45, 7) is 7.62. The number of aromatic nitrogens is 2. The van der Waals surface area contributed by atoms with Gasteiger partial charge in [0.25, 0.3) is 0 Å². The Morgan fingerprint density at radius 3 is 2.87 bits per heavy atom. The average Bonchev–Trinajstić information content (AvgIpc) is 2.96. The quantitative estimate of drug-likeness (QED) is 0.691. The molecule has 0 amide bonds. The van der Waals surface area contributed by atoms with Gasteiger partial charge >= 0.3 is 0 Å². The Morgan fingerprint density at radius 2 is 2.22 bits per heavy atom. The lowest BCUT2D eigenvalue weighted by atomic mass is 10.1. The van der Waals surface area contributed by atoms with Crippen LogP contribution in [0, 0.1) is 0 Å². The van der Waals surface area contributed by atoms with Gasteiger partial charge in [-0.15, -0.1) is 0 Å². The standard InChI is InChI=1S/C17H16FN3O2/c1-11(18)9-15(12(2)22)21-8-6-16-14(10-21)20-17(23-16)13-5-3-4-7-19-13/h3-5,7,9,22H,1-2,6,8,10H2/b15-9+. The largest absolute Gasteiger partial charge is 0.506 e. The summed E-state index contributed by atoms with van der Waals surface area (Å²) in [6.07, 6.45) is 3.43. The van der Waals surface area contributed by atoms with E-state index in [1.54, 1.807) is 11.1 Å². The number of rotatable bonds is 4. The van der Waals surface area contributed by atoms with Crippen LogP contribution in [0.15, 0.2) is 65.3 Å². The minimum absolute atomic E-state index is 0.208. The molecule has 2 aromatic heterocycles. The lowest BCUT2D eigenvalue weighted by molar-refractivity contribution is 0.275. The zero-order valence-electron chi connectivity index (χ0n) is 12.5. The fourth-order valence-corrected chi connectivity index (χ4v) is 2.51. The van der Waals surface area contributed by atoms with Crippen molar-refractivity contribution >= 4 is 0 Å². The number of allylic oxidation sites excluding steroid dienone is 2. The van der Waals surface area contributed by atoms with E-state index in [1.165, 1.54) is 0 Å². The van der Waals surface area contributed by atoms with E-state index in [-0.39, 0.29) is 5.76 Å². The number of halogens is 1. The molecule has 23 heavy (non-hydrogen) atoms. The average molecular weight is 313 g/mol. The molecule has 0 bridgehead atoms. The molecule has 0 unspecified atom stereocenters. The zero-order chi connectivity index (χ0) is 16.4. The van der Waals surface area contributed by atoms with Gasteiger partial charge in [0, 0.05) is 25.2 Å². The number of aliphatic hydroxyl groups excluding tert-OH is 1. The van der Waals surface area contributed by atoms with Crippen molar-refractivity contribution < 1.29 is 13.9 Å². The van der Waals surface area contributed by atoms with Gasteiger partial charge in [0.1, 0.15) is 28.7 Å². The highest BCUT2D eigenvalue weighted by molar-refractivity contribution is 5.47. The van der Waals surface area contributed by atoms with E-state index < -0.39 is 5.83 Å². The predicted molar refractivity (Wildman–Crippen MR) is 83.9 cm³/mol. The van der Waals surface area contributed by atoms with E-state index in [0.29, 0.717) is 36.8 Å². The third-order valence-electron chi connectivity index (χ3n) is 3.54. The maximum atomic E-state index is 13.1. The second-order valence-electron chi connectivity index (χ2n) is 5.20. The van der Waals surface area contributed by atoms with Crippen LogP contribution in [0.4, 0.5) is 4.39 Å². The van der Waals surface area contributed by atoms with Crippen LogP contribution in [0.3, 0.4) is 0 Å². The topological polar surface area (TPSA) is 62.4 Å². The number of hydrogen-bond donors (Lipinski definition) is 1. The van der Waals surface area contributed by atoms with Gasteiger partial charge in [0.2, 0.25) is 5.89 Å². The third kappa shape index (κ3) is 3.15. The Balaban J connectivity index is 1.88. The summed E-state index contributed by atoms with van der Waals surface area (Å²) in [5.41, 5.74) is 1.70. The summed E-state index contributed by atoms with van der Waals surface area (Å²) in [5, 5.41) is 9.68. The van der Waals surface area contributed by atoms with E-state index in [2.05, 4.69) is 23.1 Å². The molecular formula is C17H16FN3O2. The molecule has 0 fully saturated rings. The van der Waals surface area contributed by atoms with Crippen LogP contribution in [0.25, 0.3) is 11.6 Å². The summed E-state index contributed by atoms with van der Waals surface area (Å²) in [6, 6.07) is 5.51. The SMILES string of the molecule is C=C(F)/C=C(\C(=C)O)N1CCc2oc(-c3ccccn3)nc2C1. The second-order valence-corrected chi connectivity index (χ2v) is 5.20. The highest BCUT2D eigenvalue weighted by Gasteiger charge is 2.25. The Kier molecular flexibility index (Phi) is 3.97. The Labute approximate surface area is 133 Å². The molecule has 1 N–H and O–H groups in total. The summed E-state index contributed by atoms with van der Waals surface area (Å²) in [7, 11) is 0. The van der Waals surface area contributed by atoms with Gasteiger partial charge in [-0.2, -0.15) is 0 Å². The molecule has 6 heteroatoms. The first kappa shape index (κ1) is 15.0. The fourth-order valence-electron chi connectivity index (χ4n) is 2.51.